The van der Waals surface area contributed by atoms with Crippen LogP contribution in [-0.2, 0) is 9.53 Å². The fourth-order valence-corrected chi connectivity index (χ4v) is 0.874. The molecule has 0 amide bonds. The Balaban J connectivity index is 2.46. The van der Waals surface area contributed by atoms with E-state index in [0.29, 0.717) is 0 Å². The summed E-state index contributed by atoms with van der Waals surface area (Å²) in [4.78, 5) is 13.0. The predicted molar refractivity (Wildman–Crippen MR) is 34.5 cm³/mol. The van der Waals surface area contributed by atoms with E-state index in [2.05, 4.69) is 14.8 Å². The quantitative estimate of drug-likeness (QED) is 0.264. The van der Waals surface area contributed by atoms with Crippen LogP contribution in [0.25, 0.3) is 10.4 Å². The second kappa shape index (κ2) is 3.23. The lowest BCUT2D eigenvalue weighted by molar-refractivity contribution is -0.141. The lowest BCUT2D eigenvalue weighted by Crippen LogP contribution is -2.23. The zero-order valence-corrected chi connectivity index (χ0v) is 5.67. The molecule has 1 N–H and O–H groups in total. The van der Waals surface area contributed by atoms with Crippen LogP contribution in [0.1, 0.15) is 6.42 Å². The van der Waals surface area contributed by atoms with Crippen molar-refractivity contribution >= 4 is 5.97 Å². The first kappa shape index (κ1) is 7.84. The predicted octanol–water partition coefficient (Wildman–Crippen LogP) is -0.0269. The van der Waals surface area contributed by atoms with Gasteiger partial charge in [0.15, 0.2) is 0 Å². The van der Waals surface area contributed by atoms with Crippen molar-refractivity contribution in [1.29, 1.82) is 0 Å². The molecule has 6 heteroatoms. The van der Waals surface area contributed by atoms with Gasteiger partial charge in [-0.15, -0.1) is 0 Å². The third kappa shape index (κ3) is 1.83. The van der Waals surface area contributed by atoms with Gasteiger partial charge in [0.25, 0.3) is 0 Å². The summed E-state index contributed by atoms with van der Waals surface area (Å²) in [6.07, 6.45) is -1.49. The van der Waals surface area contributed by atoms with Crippen LogP contribution in [0, 0.1) is 0 Å². The number of carbonyl (C=O) groups is 1. The van der Waals surface area contributed by atoms with Crippen LogP contribution in [0.15, 0.2) is 5.11 Å². The maximum Gasteiger partial charge on any atom is 0.308 e. The number of aliphatic hydroxyl groups excluding tert-OH is 1. The first-order valence-corrected chi connectivity index (χ1v) is 3.12. The number of ether oxygens (including phenoxy) is 1. The highest BCUT2D eigenvalue weighted by molar-refractivity contribution is 5.72. The molecule has 0 radical (unpaired) electrons. The number of hydrogen-bond acceptors (Lipinski definition) is 4. The van der Waals surface area contributed by atoms with Crippen LogP contribution in [0.3, 0.4) is 0 Å². The summed E-state index contributed by atoms with van der Waals surface area (Å²) in [5.74, 6) is -0.448. The van der Waals surface area contributed by atoms with Crippen molar-refractivity contribution in [3.63, 3.8) is 0 Å². The van der Waals surface area contributed by atoms with Gasteiger partial charge >= 0.3 is 5.97 Å². The van der Waals surface area contributed by atoms with Gasteiger partial charge in [0.1, 0.15) is 12.2 Å². The van der Waals surface area contributed by atoms with Crippen LogP contribution in [0.2, 0.25) is 0 Å². The molecular weight excluding hydrogens is 150 g/mol. The molecular formula is C5H7N3O3. The highest BCUT2D eigenvalue weighted by atomic mass is 16.6. The highest BCUT2D eigenvalue weighted by Gasteiger charge is 2.32. The Morgan fingerprint density at radius 1 is 1.91 bits per heavy atom. The van der Waals surface area contributed by atoms with E-state index >= 15 is 0 Å². The number of carbonyl (C=O) groups excluding carboxylic acids is 1. The van der Waals surface area contributed by atoms with Crippen molar-refractivity contribution in [3.8, 4) is 0 Å². The van der Waals surface area contributed by atoms with Gasteiger partial charge in [-0.05, 0) is 5.53 Å². The van der Waals surface area contributed by atoms with E-state index in [1.807, 2.05) is 0 Å². The molecule has 1 aliphatic heterocycles. The summed E-state index contributed by atoms with van der Waals surface area (Å²) in [5.41, 5.74) is 7.91. The van der Waals surface area contributed by atoms with E-state index in [9.17, 15) is 4.79 Å². The van der Waals surface area contributed by atoms with Gasteiger partial charge in [-0.2, -0.15) is 0 Å². The van der Waals surface area contributed by atoms with E-state index in [4.69, 9.17) is 10.6 Å². The van der Waals surface area contributed by atoms with Crippen LogP contribution in [0.4, 0.5) is 0 Å². The average Bonchev–Trinajstić information content (AvgIpc) is 2.26. The molecule has 1 rings (SSSR count). The van der Waals surface area contributed by atoms with E-state index < -0.39 is 18.2 Å². The number of esters is 1. The Kier molecular flexibility index (Phi) is 2.30. The molecule has 2 atom stereocenters. The minimum absolute atomic E-state index is 0.00338. The van der Waals surface area contributed by atoms with Gasteiger partial charge in [-0.3, -0.25) is 4.79 Å². The largest absolute Gasteiger partial charge is 0.459 e. The van der Waals surface area contributed by atoms with Gasteiger partial charge in [-0.1, -0.05) is 5.11 Å². The first-order valence-electron chi connectivity index (χ1n) is 3.12. The van der Waals surface area contributed by atoms with Crippen LogP contribution >= 0.6 is 0 Å². The number of aliphatic hydroxyl groups is 1. The molecule has 1 heterocycles. The van der Waals surface area contributed by atoms with Crippen LogP contribution < -0.4 is 0 Å². The van der Waals surface area contributed by atoms with E-state index in [0.717, 1.165) is 0 Å². The Bertz CT molecular complexity index is 211. The standard InChI is InChI=1S/C5H7N3O3/c6-8-7-2-4-3(9)1-5(10)11-4/h3-4,9H,1-2H2/t3-,4+/m1/s1. The summed E-state index contributed by atoms with van der Waals surface area (Å²) in [7, 11) is 0. The fourth-order valence-electron chi connectivity index (χ4n) is 0.874. The lowest BCUT2D eigenvalue weighted by atomic mass is 10.2. The van der Waals surface area contributed by atoms with Gasteiger partial charge in [0.05, 0.1) is 13.0 Å². The molecule has 0 aromatic carbocycles. The van der Waals surface area contributed by atoms with Gasteiger partial charge in [0.2, 0.25) is 0 Å². The zero-order valence-electron chi connectivity index (χ0n) is 5.67. The SMILES string of the molecule is [N-]=[N+]=NC[C@@H]1OC(=O)C[C@H]1O. The number of hydrogen-bond donors (Lipinski definition) is 1. The van der Waals surface area contributed by atoms with E-state index in [-0.39, 0.29) is 13.0 Å². The topological polar surface area (TPSA) is 95.3 Å². The maximum absolute atomic E-state index is 10.5. The molecule has 1 fully saturated rings. The summed E-state index contributed by atoms with van der Waals surface area (Å²) in [6, 6.07) is 0. The minimum atomic E-state index is -0.826. The van der Waals surface area contributed by atoms with Gasteiger partial charge < -0.3 is 9.84 Å². The number of nitrogens with zero attached hydrogens (tertiary/aromatic N) is 3. The van der Waals surface area contributed by atoms with Crippen molar-refractivity contribution in [2.45, 2.75) is 18.6 Å². The summed E-state index contributed by atoms with van der Waals surface area (Å²) in [5, 5.41) is 12.2. The number of cyclic esters (lactones) is 1. The fraction of sp³-hybridized carbons (Fsp3) is 0.800. The highest BCUT2D eigenvalue weighted by Crippen LogP contribution is 2.14. The van der Waals surface area contributed by atoms with Crippen LogP contribution in [0.5, 0.6) is 0 Å². The molecule has 0 aliphatic carbocycles. The second-order valence-electron chi connectivity index (χ2n) is 2.21. The van der Waals surface area contributed by atoms with E-state index in [1.165, 1.54) is 0 Å². The van der Waals surface area contributed by atoms with Crippen LogP contribution in [-0.4, -0.2) is 29.8 Å². The van der Waals surface area contributed by atoms with Crippen molar-refractivity contribution in [2.75, 3.05) is 6.54 Å². The number of rotatable bonds is 2. The summed E-state index contributed by atoms with van der Waals surface area (Å²) in [6.45, 7) is 0.00338. The second-order valence-corrected chi connectivity index (χ2v) is 2.21. The molecule has 1 saturated heterocycles. The molecule has 0 aromatic heterocycles. The summed E-state index contributed by atoms with van der Waals surface area (Å²) >= 11 is 0. The van der Waals surface area contributed by atoms with E-state index in [1.54, 1.807) is 0 Å². The molecule has 60 valence electrons. The smallest absolute Gasteiger partial charge is 0.308 e. The van der Waals surface area contributed by atoms with Crippen molar-refractivity contribution in [3.05, 3.63) is 10.4 Å². The number of azide groups is 1. The lowest BCUT2D eigenvalue weighted by Gasteiger charge is -2.07. The van der Waals surface area contributed by atoms with Gasteiger partial charge in [-0.25, -0.2) is 0 Å². The third-order valence-electron chi connectivity index (χ3n) is 1.41. The molecule has 0 bridgehead atoms. The normalized spacial score (nSPS) is 29.4. The molecule has 0 aromatic rings. The molecule has 1 aliphatic rings. The Hall–Kier alpha value is -1.26. The molecule has 11 heavy (non-hydrogen) atoms. The van der Waals surface area contributed by atoms with Crippen molar-refractivity contribution in [2.24, 2.45) is 5.11 Å². The molecule has 0 saturated carbocycles. The average molecular weight is 157 g/mol. The molecule has 6 nitrogen and oxygen atoms in total. The van der Waals surface area contributed by atoms with Crippen molar-refractivity contribution in [1.82, 2.24) is 0 Å². The minimum Gasteiger partial charge on any atom is -0.459 e. The summed E-state index contributed by atoms with van der Waals surface area (Å²) < 4.78 is 4.62. The Labute approximate surface area is 62.4 Å². The van der Waals surface area contributed by atoms with Gasteiger partial charge in [0, 0.05) is 4.91 Å². The third-order valence-corrected chi connectivity index (χ3v) is 1.41. The molecule has 0 unspecified atom stereocenters. The Morgan fingerprint density at radius 2 is 2.64 bits per heavy atom. The Morgan fingerprint density at radius 3 is 3.09 bits per heavy atom. The zero-order chi connectivity index (χ0) is 8.27. The molecule has 0 spiro atoms. The first-order chi connectivity index (χ1) is 5.24. The maximum atomic E-state index is 10.5. The van der Waals surface area contributed by atoms with Crippen molar-refractivity contribution < 1.29 is 14.6 Å². The monoisotopic (exact) mass is 157 g/mol.